The van der Waals surface area contributed by atoms with Crippen LogP contribution in [0.2, 0.25) is 0 Å². The lowest BCUT2D eigenvalue weighted by molar-refractivity contribution is 0.374. The minimum absolute atomic E-state index is 0.649. The maximum Gasteiger partial charge on any atom is 0.124 e. The van der Waals surface area contributed by atoms with Crippen molar-refractivity contribution in [3.8, 4) is 0 Å². The Bertz CT molecular complexity index is 377. The fourth-order valence-corrected chi connectivity index (χ4v) is 3.12. The van der Waals surface area contributed by atoms with Crippen LogP contribution in [0.5, 0.6) is 0 Å². The first-order valence-corrected chi connectivity index (χ1v) is 7.81. The third-order valence-corrected chi connectivity index (χ3v) is 4.65. The van der Waals surface area contributed by atoms with Gasteiger partial charge in [-0.3, -0.25) is 0 Å². The Morgan fingerprint density at radius 2 is 1.94 bits per heavy atom. The SMILES string of the molecule is O=S(NCC1CCNCC1)c1ccc(Br)cc1. The minimum Gasteiger partial charge on any atom is -0.317 e. The lowest BCUT2D eigenvalue weighted by atomic mass is 9.99. The first kappa shape index (κ1) is 13.2. The van der Waals surface area contributed by atoms with Crippen LogP contribution in [0.15, 0.2) is 33.6 Å². The van der Waals surface area contributed by atoms with Crippen molar-refractivity contribution >= 4 is 26.9 Å². The molecule has 1 aromatic rings. The second kappa shape index (κ2) is 6.64. The molecule has 94 valence electrons. The standard InChI is InChI=1S/C12H17BrN2OS/c13-11-1-3-12(4-2-11)17(16)15-9-10-5-7-14-8-6-10/h1-4,10,14-15H,5-9H2. The molecule has 1 aliphatic rings. The van der Waals surface area contributed by atoms with E-state index in [1.807, 2.05) is 24.3 Å². The van der Waals surface area contributed by atoms with Gasteiger partial charge < -0.3 is 5.32 Å². The highest BCUT2D eigenvalue weighted by molar-refractivity contribution is 9.10. The summed E-state index contributed by atoms with van der Waals surface area (Å²) in [6.45, 7) is 3.00. The number of piperidine rings is 1. The maximum absolute atomic E-state index is 12.0. The van der Waals surface area contributed by atoms with Gasteiger partial charge in [-0.2, -0.15) is 0 Å². The largest absolute Gasteiger partial charge is 0.317 e. The Balaban J connectivity index is 1.82. The third kappa shape index (κ3) is 4.17. The number of hydrogen-bond donors (Lipinski definition) is 2. The summed E-state index contributed by atoms with van der Waals surface area (Å²) in [7, 11) is -1.08. The van der Waals surface area contributed by atoms with Gasteiger partial charge in [-0.25, -0.2) is 8.93 Å². The number of halogens is 1. The number of nitrogens with one attached hydrogen (secondary N) is 2. The predicted octanol–water partition coefficient (Wildman–Crippen LogP) is 2.06. The van der Waals surface area contributed by atoms with Gasteiger partial charge in [-0.05, 0) is 56.1 Å². The molecule has 0 bridgehead atoms. The zero-order valence-corrected chi connectivity index (χ0v) is 12.0. The average molecular weight is 317 g/mol. The minimum atomic E-state index is -1.08. The summed E-state index contributed by atoms with van der Waals surface area (Å²) >= 11 is 3.37. The topological polar surface area (TPSA) is 41.1 Å². The molecule has 1 unspecified atom stereocenters. The van der Waals surface area contributed by atoms with Crippen molar-refractivity contribution in [1.82, 2.24) is 10.0 Å². The Hall–Kier alpha value is -0.230. The van der Waals surface area contributed by atoms with Crippen molar-refractivity contribution in [2.45, 2.75) is 17.7 Å². The molecule has 3 nitrogen and oxygen atoms in total. The quantitative estimate of drug-likeness (QED) is 0.892. The van der Waals surface area contributed by atoms with Gasteiger partial charge in [0.1, 0.15) is 11.0 Å². The fourth-order valence-electron chi connectivity index (χ4n) is 1.92. The molecule has 0 amide bonds. The summed E-state index contributed by atoms with van der Waals surface area (Å²) in [6.07, 6.45) is 2.34. The van der Waals surface area contributed by atoms with E-state index in [2.05, 4.69) is 26.0 Å². The first-order chi connectivity index (χ1) is 8.25. The van der Waals surface area contributed by atoms with Crippen molar-refractivity contribution in [2.75, 3.05) is 19.6 Å². The first-order valence-electron chi connectivity index (χ1n) is 5.87. The smallest absolute Gasteiger partial charge is 0.124 e. The van der Waals surface area contributed by atoms with Crippen LogP contribution in [0.3, 0.4) is 0 Å². The van der Waals surface area contributed by atoms with E-state index in [9.17, 15) is 4.21 Å². The second-order valence-corrected chi connectivity index (χ2v) is 6.48. The lowest BCUT2D eigenvalue weighted by Gasteiger charge is -2.22. The molecule has 0 radical (unpaired) electrons. The molecule has 1 atom stereocenters. The monoisotopic (exact) mass is 316 g/mol. The molecule has 0 spiro atoms. The molecule has 5 heteroatoms. The maximum atomic E-state index is 12.0. The van der Waals surface area contributed by atoms with E-state index >= 15 is 0 Å². The highest BCUT2D eigenvalue weighted by atomic mass is 79.9. The van der Waals surface area contributed by atoms with E-state index in [1.165, 1.54) is 12.8 Å². The van der Waals surface area contributed by atoms with Gasteiger partial charge in [0.15, 0.2) is 0 Å². The van der Waals surface area contributed by atoms with Crippen molar-refractivity contribution in [3.05, 3.63) is 28.7 Å². The highest BCUT2D eigenvalue weighted by Gasteiger charge is 2.13. The van der Waals surface area contributed by atoms with E-state index in [0.29, 0.717) is 5.92 Å². The van der Waals surface area contributed by atoms with Gasteiger partial charge in [-0.1, -0.05) is 15.9 Å². The molecule has 1 fully saturated rings. The van der Waals surface area contributed by atoms with Crippen molar-refractivity contribution in [2.24, 2.45) is 5.92 Å². The summed E-state index contributed by atoms with van der Waals surface area (Å²) < 4.78 is 16.1. The number of hydrogen-bond acceptors (Lipinski definition) is 2. The van der Waals surface area contributed by atoms with Gasteiger partial charge in [0.25, 0.3) is 0 Å². The van der Waals surface area contributed by atoms with Crippen LogP contribution < -0.4 is 10.0 Å². The summed E-state index contributed by atoms with van der Waals surface area (Å²) in [4.78, 5) is 0.835. The van der Waals surface area contributed by atoms with E-state index in [-0.39, 0.29) is 0 Å². The van der Waals surface area contributed by atoms with Crippen LogP contribution in [0, 0.1) is 5.92 Å². The highest BCUT2D eigenvalue weighted by Crippen LogP contribution is 2.14. The van der Waals surface area contributed by atoms with Crippen LogP contribution in [0.4, 0.5) is 0 Å². The van der Waals surface area contributed by atoms with Gasteiger partial charge in [0.2, 0.25) is 0 Å². The average Bonchev–Trinajstić information content (AvgIpc) is 2.38. The third-order valence-electron chi connectivity index (χ3n) is 2.99. The van der Waals surface area contributed by atoms with E-state index in [1.54, 1.807) is 0 Å². The van der Waals surface area contributed by atoms with Crippen LogP contribution in [-0.4, -0.2) is 23.8 Å². The Kier molecular flexibility index (Phi) is 5.16. The Morgan fingerprint density at radius 3 is 2.59 bits per heavy atom. The van der Waals surface area contributed by atoms with Gasteiger partial charge >= 0.3 is 0 Å². The van der Waals surface area contributed by atoms with Gasteiger partial charge in [-0.15, -0.1) is 0 Å². The van der Waals surface area contributed by atoms with Crippen LogP contribution in [0.25, 0.3) is 0 Å². The predicted molar refractivity (Wildman–Crippen MR) is 74.1 cm³/mol. The van der Waals surface area contributed by atoms with Crippen LogP contribution >= 0.6 is 15.9 Å². The van der Waals surface area contributed by atoms with Crippen molar-refractivity contribution in [1.29, 1.82) is 0 Å². The molecular weight excluding hydrogens is 300 g/mol. The molecule has 1 aromatic carbocycles. The number of benzene rings is 1. The van der Waals surface area contributed by atoms with E-state index < -0.39 is 11.0 Å². The molecule has 17 heavy (non-hydrogen) atoms. The number of rotatable bonds is 4. The van der Waals surface area contributed by atoms with Gasteiger partial charge in [0, 0.05) is 11.0 Å². The lowest BCUT2D eigenvalue weighted by Crippen LogP contribution is -2.34. The molecule has 0 aliphatic carbocycles. The van der Waals surface area contributed by atoms with Crippen LogP contribution in [-0.2, 0) is 11.0 Å². The van der Waals surface area contributed by atoms with E-state index in [4.69, 9.17) is 0 Å². The summed E-state index contributed by atoms with van der Waals surface area (Å²) in [6, 6.07) is 7.60. The molecule has 0 aromatic heterocycles. The molecule has 2 N–H and O–H groups in total. The van der Waals surface area contributed by atoms with Crippen molar-refractivity contribution in [3.63, 3.8) is 0 Å². The molecule has 1 saturated heterocycles. The normalized spacial score (nSPS) is 19.1. The molecule has 0 saturated carbocycles. The molecular formula is C12H17BrN2OS. The fraction of sp³-hybridized carbons (Fsp3) is 0.500. The van der Waals surface area contributed by atoms with Crippen LogP contribution in [0.1, 0.15) is 12.8 Å². The van der Waals surface area contributed by atoms with Crippen molar-refractivity contribution < 1.29 is 4.21 Å². The zero-order valence-electron chi connectivity index (χ0n) is 9.62. The molecule has 1 aliphatic heterocycles. The summed E-state index contributed by atoms with van der Waals surface area (Å²) in [5.74, 6) is 0.649. The molecule has 1 heterocycles. The Labute approximate surface area is 113 Å². The Morgan fingerprint density at radius 1 is 1.29 bits per heavy atom. The zero-order chi connectivity index (χ0) is 12.1. The summed E-state index contributed by atoms with van der Waals surface area (Å²) in [5, 5.41) is 3.33. The second-order valence-electron chi connectivity index (χ2n) is 4.26. The summed E-state index contributed by atoms with van der Waals surface area (Å²) in [5.41, 5.74) is 0. The van der Waals surface area contributed by atoms with E-state index in [0.717, 1.165) is 29.0 Å². The molecule has 2 rings (SSSR count). The van der Waals surface area contributed by atoms with Gasteiger partial charge in [0.05, 0.1) is 4.90 Å².